The summed E-state index contributed by atoms with van der Waals surface area (Å²) in [6, 6.07) is 3.70. The predicted octanol–water partition coefficient (Wildman–Crippen LogP) is 2.93. The van der Waals surface area contributed by atoms with Gasteiger partial charge in [0.2, 0.25) is 5.91 Å². The molecule has 2 aromatic rings. The number of H-pyrrole nitrogens is 1. The third-order valence-corrected chi connectivity index (χ3v) is 4.92. The number of nitrogens with one attached hydrogen (secondary N) is 3. The number of nitrogens with zero attached hydrogens (tertiary/aromatic N) is 1. The monoisotopic (exact) mass is 352 g/mol. The van der Waals surface area contributed by atoms with Crippen molar-refractivity contribution < 1.29 is 4.79 Å². The number of hydrogen-bond donors (Lipinski definition) is 3. The van der Waals surface area contributed by atoms with Crippen molar-refractivity contribution in [2.45, 2.75) is 23.0 Å². The van der Waals surface area contributed by atoms with E-state index in [0.29, 0.717) is 0 Å². The summed E-state index contributed by atoms with van der Waals surface area (Å²) < 4.78 is 0.956. The van der Waals surface area contributed by atoms with Crippen molar-refractivity contribution in [1.29, 1.82) is 0 Å². The average molecular weight is 353 g/mol. The smallest absolute Gasteiger partial charge is 0.246 e. The lowest BCUT2D eigenvalue weighted by Gasteiger charge is -2.10. The van der Waals surface area contributed by atoms with Gasteiger partial charge in [-0.15, -0.1) is 0 Å². The van der Waals surface area contributed by atoms with Gasteiger partial charge in [0.25, 0.3) is 0 Å². The van der Waals surface area contributed by atoms with Crippen LogP contribution < -0.4 is 10.6 Å². The molecule has 1 aromatic carbocycles. The van der Waals surface area contributed by atoms with Crippen LogP contribution in [0.15, 0.2) is 39.1 Å². The van der Waals surface area contributed by atoms with Crippen molar-refractivity contribution in [1.82, 2.24) is 15.3 Å². The zero-order chi connectivity index (χ0) is 14.1. The largest absolute Gasteiger partial charge is 0.339 e. The van der Waals surface area contributed by atoms with E-state index in [0.717, 1.165) is 32.3 Å². The second-order valence-electron chi connectivity index (χ2n) is 4.35. The molecule has 1 atom stereocenters. The Balaban J connectivity index is 1.93. The Morgan fingerprint density at radius 3 is 3.05 bits per heavy atom. The minimum Gasteiger partial charge on any atom is -0.339 e. The molecule has 0 bridgehead atoms. The Hall–Kier alpha value is -1.31. The van der Waals surface area contributed by atoms with Crippen molar-refractivity contribution in [2.24, 2.45) is 0 Å². The molecule has 1 aliphatic rings. The zero-order valence-electron chi connectivity index (χ0n) is 10.7. The number of amides is 1. The van der Waals surface area contributed by atoms with Gasteiger partial charge < -0.3 is 15.6 Å². The molecular weight excluding hydrogens is 340 g/mol. The third-order valence-electron chi connectivity index (χ3n) is 3.02. The first-order chi connectivity index (χ1) is 9.69. The lowest BCUT2D eigenvalue weighted by Crippen LogP contribution is -2.27. The van der Waals surface area contributed by atoms with Gasteiger partial charge in [-0.1, -0.05) is 18.7 Å². The molecule has 3 N–H and O–H groups in total. The molecule has 0 radical (unpaired) electrons. The standard InChI is InChI=1S/C13H13BrN4OS/c1-2-15-11-7-5-8(14)10(6-9(7)18-12(11)19)20-13-16-3-4-17-13/h3-6,11,15H,2H2,1H3,(H,16,17)(H,18,19). The lowest BCUT2D eigenvalue weighted by molar-refractivity contribution is -0.117. The predicted molar refractivity (Wildman–Crippen MR) is 81.9 cm³/mol. The molecule has 3 rings (SSSR count). The van der Waals surface area contributed by atoms with E-state index in [1.54, 1.807) is 12.4 Å². The van der Waals surface area contributed by atoms with Crippen LogP contribution in [0.5, 0.6) is 0 Å². The second-order valence-corrected chi connectivity index (χ2v) is 6.23. The molecular formula is C13H13BrN4OS. The maximum absolute atomic E-state index is 11.9. The summed E-state index contributed by atoms with van der Waals surface area (Å²) in [5, 5.41) is 6.92. The van der Waals surface area contributed by atoms with Crippen LogP contribution in [-0.2, 0) is 4.79 Å². The first-order valence-electron chi connectivity index (χ1n) is 6.24. The molecule has 1 aromatic heterocycles. The van der Waals surface area contributed by atoms with Gasteiger partial charge >= 0.3 is 0 Å². The van der Waals surface area contributed by atoms with Crippen molar-refractivity contribution in [2.75, 3.05) is 11.9 Å². The molecule has 1 aliphatic heterocycles. The van der Waals surface area contributed by atoms with Crippen LogP contribution in [0, 0.1) is 0 Å². The molecule has 0 saturated carbocycles. The fraction of sp³-hybridized carbons (Fsp3) is 0.231. The number of carbonyl (C=O) groups excluding carboxylic acids is 1. The quantitative estimate of drug-likeness (QED) is 0.791. The molecule has 104 valence electrons. The number of imidazole rings is 1. The van der Waals surface area contributed by atoms with Gasteiger partial charge in [0.05, 0.1) is 0 Å². The molecule has 1 amide bonds. The summed E-state index contributed by atoms with van der Waals surface area (Å²) in [6.45, 7) is 2.74. The minimum absolute atomic E-state index is 0.00565. The highest BCUT2D eigenvalue weighted by Crippen LogP contribution is 2.40. The molecule has 0 saturated heterocycles. The normalized spacial score (nSPS) is 17.1. The van der Waals surface area contributed by atoms with Crippen molar-refractivity contribution in [3.8, 4) is 0 Å². The van der Waals surface area contributed by atoms with Crippen LogP contribution in [0.4, 0.5) is 5.69 Å². The van der Waals surface area contributed by atoms with Gasteiger partial charge in [-0.3, -0.25) is 4.79 Å². The van der Waals surface area contributed by atoms with Crippen LogP contribution in [0.1, 0.15) is 18.5 Å². The second kappa shape index (κ2) is 5.59. The number of anilines is 1. The van der Waals surface area contributed by atoms with Crippen molar-refractivity contribution in [3.05, 3.63) is 34.6 Å². The third kappa shape index (κ3) is 2.48. The Morgan fingerprint density at radius 1 is 1.50 bits per heavy atom. The van der Waals surface area contributed by atoms with Gasteiger partial charge in [-0.25, -0.2) is 4.98 Å². The van der Waals surface area contributed by atoms with Crippen LogP contribution in [0.2, 0.25) is 0 Å². The molecule has 5 nitrogen and oxygen atoms in total. The summed E-state index contributed by atoms with van der Waals surface area (Å²) in [5.74, 6) is -0.00565. The van der Waals surface area contributed by atoms with Crippen LogP contribution in [0.3, 0.4) is 0 Å². The number of fused-ring (bicyclic) bond motifs is 1. The van der Waals surface area contributed by atoms with E-state index in [2.05, 4.69) is 36.5 Å². The van der Waals surface area contributed by atoms with E-state index in [-0.39, 0.29) is 11.9 Å². The number of halogens is 1. The van der Waals surface area contributed by atoms with Crippen LogP contribution >= 0.6 is 27.7 Å². The fourth-order valence-electron chi connectivity index (χ4n) is 2.16. The fourth-order valence-corrected chi connectivity index (χ4v) is 3.54. The van der Waals surface area contributed by atoms with E-state index in [4.69, 9.17) is 0 Å². The van der Waals surface area contributed by atoms with E-state index in [9.17, 15) is 4.79 Å². The van der Waals surface area contributed by atoms with E-state index < -0.39 is 0 Å². The molecule has 0 aliphatic carbocycles. The maximum Gasteiger partial charge on any atom is 0.246 e. The van der Waals surface area contributed by atoms with Crippen molar-refractivity contribution >= 4 is 39.3 Å². The first-order valence-corrected chi connectivity index (χ1v) is 7.85. The molecule has 0 fully saturated rings. The summed E-state index contributed by atoms with van der Waals surface area (Å²) in [6.07, 6.45) is 3.50. The Kier molecular flexibility index (Phi) is 3.82. The Morgan fingerprint density at radius 2 is 2.35 bits per heavy atom. The molecule has 1 unspecified atom stereocenters. The van der Waals surface area contributed by atoms with Crippen LogP contribution in [-0.4, -0.2) is 22.4 Å². The number of likely N-dealkylation sites (N-methyl/N-ethyl adjacent to an activating group) is 1. The van der Waals surface area contributed by atoms with Crippen molar-refractivity contribution in [3.63, 3.8) is 0 Å². The van der Waals surface area contributed by atoms with E-state index >= 15 is 0 Å². The Labute approximate surface area is 129 Å². The molecule has 7 heteroatoms. The van der Waals surface area contributed by atoms with Gasteiger partial charge in [-0.05, 0) is 34.6 Å². The number of hydrogen-bond acceptors (Lipinski definition) is 4. The highest BCUT2D eigenvalue weighted by Gasteiger charge is 2.30. The molecule has 2 heterocycles. The number of carbonyl (C=O) groups is 1. The summed E-state index contributed by atoms with van der Waals surface area (Å²) in [5.41, 5.74) is 1.84. The number of aromatic amines is 1. The Bertz CT molecular complexity index is 644. The van der Waals surface area contributed by atoms with Crippen LogP contribution in [0.25, 0.3) is 0 Å². The minimum atomic E-state index is -0.269. The SMILES string of the molecule is CCNC1C(=O)Nc2cc(Sc3ncc[nH]3)c(Br)cc21. The number of rotatable bonds is 4. The zero-order valence-corrected chi connectivity index (χ0v) is 13.1. The van der Waals surface area contributed by atoms with Gasteiger partial charge in [0.15, 0.2) is 5.16 Å². The van der Waals surface area contributed by atoms with Gasteiger partial charge in [0, 0.05) is 33.0 Å². The molecule has 20 heavy (non-hydrogen) atoms. The summed E-state index contributed by atoms with van der Waals surface area (Å²) >= 11 is 5.08. The van der Waals surface area contributed by atoms with Gasteiger partial charge in [0.1, 0.15) is 6.04 Å². The average Bonchev–Trinajstić information content (AvgIpc) is 3.01. The number of aromatic nitrogens is 2. The van der Waals surface area contributed by atoms with Gasteiger partial charge in [-0.2, -0.15) is 0 Å². The van der Waals surface area contributed by atoms with E-state index in [1.807, 2.05) is 19.1 Å². The highest BCUT2D eigenvalue weighted by molar-refractivity contribution is 9.10. The summed E-state index contributed by atoms with van der Waals surface area (Å²) in [4.78, 5) is 20.2. The first kappa shape index (κ1) is 13.7. The van der Waals surface area contributed by atoms with E-state index in [1.165, 1.54) is 11.8 Å². The molecule has 0 spiro atoms. The lowest BCUT2D eigenvalue weighted by atomic mass is 10.1. The maximum atomic E-state index is 11.9. The topological polar surface area (TPSA) is 69.8 Å². The number of benzene rings is 1. The summed E-state index contributed by atoms with van der Waals surface area (Å²) in [7, 11) is 0. The highest BCUT2D eigenvalue weighted by atomic mass is 79.9.